The van der Waals surface area contributed by atoms with E-state index in [0.717, 1.165) is 16.2 Å². The molecule has 0 fully saturated rings. The molecule has 26 heavy (non-hydrogen) atoms. The number of ether oxygens (including phenoxy) is 1. The molecular formula is C17H16N4O3S2. The molecule has 0 saturated carbocycles. The van der Waals surface area contributed by atoms with E-state index >= 15 is 0 Å². The summed E-state index contributed by atoms with van der Waals surface area (Å²) in [6.07, 6.45) is 0.335. The summed E-state index contributed by atoms with van der Waals surface area (Å²) in [4.78, 5) is 25.1. The van der Waals surface area contributed by atoms with Crippen LogP contribution >= 0.6 is 22.7 Å². The summed E-state index contributed by atoms with van der Waals surface area (Å²) >= 11 is 2.68. The Kier molecular flexibility index (Phi) is 5.92. The summed E-state index contributed by atoms with van der Waals surface area (Å²) in [7, 11) is 1.58. The number of thiophene rings is 1. The van der Waals surface area contributed by atoms with E-state index in [1.807, 2.05) is 17.5 Å². The van der Waals surface area contributed by atoms with Crippen LogP contribution in [-0.2, 0) is 17.8 Å². The van der Waals surface area contributed by atoms with Crippen LogP contribution < -0.4 is 15.4 Å². The first-order chi connectivity index (χ1) is 12.6. The molecule has 2 aromatic heterocycles. The van der Waals surface area contributed by atoms with E-state index in [2.05, 4.69) is 20.8 Å². The van der Waals surface area contributed by atoms with Gasteiger partial charge >= 0.3 is 0 Å². The van der Waals surface area contributed by atoms with Gasteiger partial charge in [-0.1, -0.05) is 17.4 Å². The van der Waals surface area contributed by atoms with Crippen molar-refractivity contribution < 1.29 is 14.3 Å². The lowest BCUT2D eigenvalue weighted by Crippen LogP contribution is -2.24. The zero-order valence-electron chi connectivity index (χ0n) is 13.9. The molecule has 0 aliphatic rings. The molecule has 0 bridgehead atoms. The van der Waals surface area contributed by atoms with E-state index in [-0.39, 0.29) is 23.4 Å². The maximum Gasteiger partial charge on any atom is 0.286 e. The van der Waals surface area contributed by atoms with Gasteiger partial charge in [-0.05, 0) is 35.7 Å². The SMILES string of the molecule is COc1ccc(NC(=O)c2nnc(CNC(=O)Cc3cccs3)s2)cc1. The topological polar surface area (TPSA) is 93.2 Å². The molecule has 0 spiro atoms. The molecule has 134 valence electrons. The van der Waals surface area contributed by atoms with Gasteiger partial charge < -0.3 is 15.4 Å². The Morgan fingerprint density at radius 1 is 1.15 bits per heavy atom. The van der Waals surface area contributed by atoms with Crippen molar-refractivity contribution in [3.63, 3.8) is 0 Å². The van der Waals surface area contributed by atoms with Gasteiger partial charge in [-0.25, -0.2) is 0 Å². The smallest absolute Gasteiger partial charge is 0.286 e. The van der Waals surface area contributed by atoms with Gasteiger partial charge in [-0.15, -0.1) is 21.5 Å². The summed E-state index contributed by atoms with van der Waals surface area (Å²) in [5.74, 6) is 0.273. The van der Waals surface area contributed by atoms with Gasteiger partial charge in [0.25, 0.3) is 5.91 Å². The van der Waals surface area contributed by atoms with Gasteiger partial charge in [0.15, 0.2) is 0 Å². The van der Waals surface area contributed by atoms with Gasteiger partial charge in [0.05, 0.1) is 20.1 Å². The number of amides is 2. The van der Waals surface area contributed by atoms with Crippen LogP contribution in [0.3, 0.4) is 0 Å². The molecule has 3 rings (SSSR count). The lowest BCUT2D eigenvalue weighted by molar-refractivity contribution is -0.120. The van der Waals surface area contributed by atoms with Crippen molar-refractivity contribution in [3.8, 4) is 5.75 Å². The highest BCUT2D eigenvalue weighted by molar-refractivity contribution is 7.13. The van der Waals surface area contributed by atoms with Gasteiger partial charge in [-0.3, -0.25) is 9.59 Å². The zero-order chi connectivity index (χ0) is 18.4. The second-order valence-electron chi connectivity index (χ2n) is 5.22. The van der Waals surface area contributed by atoms with Crippen LogP contribution in [0.15, 0.2) is 41.8 Å². The van der Waals surface area contributed by atoms with Crippen molar-refractivity contribution in [2.75, 3.05) is 12.4 Å². The fourth-order valence-corrected chi connectivity index (χ4v) is 3.46. The van der Waals surface area contributed by atoms with Crippen LogP contribution in [0.5, 0.6) is 5.75 Å². The summed E-state index contributed by atoms with van der Waals surface area (Å²) in [5, 5.41) is 16.1. The number of carbonyl (C=O) groups excluding carboxylic acids is 2. The fraction of sp³-hybridized carbons (Fsp3) is 0.176. The first kappa shape index (κ1) is 18.0. The normalized spacial score (nSPS) is 10.3. The monoisotopic (exact) mass is 388 g/mol. The van der Waals surface area contributed by atoms with Gasteiger partial charge in [0.1, 0.15) is 10.8 Å². The Morgan fingerprint density at radius 3 is 2.65 bits per heavy atom. The number of anilines is 1. The maximum atomic E-state index is 12.2. The molecule has 2 amide bonds. The van der Waals surface area contributed by atoms with Crippen LogP contribution in [0.4, 0.5) is 5.69 Å². The number of hydrogen-bond acceptors (Lipinski definition) is 7. The number of nitrogens with one attached hydrogen (secondary N) is 2. The second kappa shape index (κ2) is 8.54. The van der Waals surface area contributed by atoms with Crippen molar-refractivity contribution >= 4 is 40.2 Å². The average molecular weight is 388 g/mol. The third-order valence-corrected chi connectivity index (χ3v) is 5.16. The highest BCUT2D eigenvalue weighted by atomic mass is 32.1. The zero-order valence-corrected chi connectivity index (χ0v) is 15.5. The highest BCUT2D eigenvalue weighted by Gasteiger charge is 2.14. The second-order valence-corrected chi connectivity index (χ2v) is 7.31. The van der Waals surface area contributed by atoms with Crippen LogP contribution in [0, 0.1) is 0 Å². The molecule has 0 atom stereocenters. The number of hydrogen-bond donors (Lipinski definition) is 2. The molecule has 0 aliphatic carbocycles. The van der Waals surface area contributed by atoms with Gasteiger partial charge in [-0.2, -0.15) is 0 Å². The minimum atomic E-state index is -0.344. The Balaban J connectivity index is 1.51. The quantitative estimate of drug-likeness (QED) is 0.649. The molecule has 0 unspecified atom stereocenters. The number of benzene rings is 1. The maximum absolute atomic E-state index is 12.2. The first-order valence-corrected chi connectivity index (χ1v) is 9.40. The summed E-state index contributed by atoms with van der Waals surface area (Å²) in [6, 6.07) is 10.8. The summed E-state index contributed by atoms with van der Waals surface area (Å²) in [6.45, 7) is 0.248. The molecule has 7 nitrogen and oxygen atoms in total. The van der Waals surface area contributed by atoms with Gasteiger partial charge in [0, 0.05) is 10.6 Å². The van der Waals surface area contributed by atoms with E-state index < -0.39 is 0 Å². The molecule has 9 heteroatoms. The third kappa shape index (κ3) is 4.87. The van der Waals surface area contributed by atoms with Crippen LogP contribution in [-0.4, -0.2) is 29.1 Å². The Labute approximate surface area is 158 Å². The van der Waals surface area contributed by atoms with E-state index in [0.29, 0.717) is 22.9 Å². The van der Waals surface area contributed by atoms with Crippen LogP contribution in [0.1, 0.15) is 19.7 Å². The summed E-state index contributed by atoms with van der Waals surface area (Å²) in [5.41, 5.74) is 0.636. The van der Waals surface area contributed by atoms with Crippen molar-refractivity contribution in [1.29, 1.82) is 0 Å². The van der Waals surface area contributed by atoms with Crippen molar-refractivity contribution in [2.24, 2.45) is 0 Å². The Hall–Kier alpha value is -2.78. The molecular weight excluding hydrogens is 372 g/mol. The molecule has 1 aromatic carbocycles. The summed E-state index contributed by atoms with van der Waals surface area (Å²) < 4.78 is 5.07. The number of rotatable bonds is 7. The molecule has 2 N–H and O–H groups in total. The van der Waals surface area contributed by atoms with Crippen molar-refractivity contribution in [3.05, 3.63) is 56.7 Å². The lowest BCUT2D eigenvalue weighted by atomic mass is 10.3. The first-order valence-electron chi connectivity index (χ1n) is 7.71. The number of aromatic nitrogens is 2. The Morgan fingerprint density at radius 2 is 1.96 bits per heavy atom. The largest absolute Gasteiger partial charge is 0.497 e. The minimum Gasteiger partial charge on any atom is -0.497 e. The van der Waals surface area contributed by atoms with Gasteiger partial charge in [0.2, 0.25) is 10.9 Å². The molecule has 3 aromatic rings. The fourth-order valence-electron chi connectivity index (χ4n) is 2.08. The highest BCUT2D eigenvalue weighted by Crippen LogP contribution is 2.17. The lowest BCUT2D eigenvalue weighted by Gasteiger charge is -2.04. The molecule has 0 saturated heterocycles. The van der Waals surface area contributed by atoms with Crippen molar-refractivity contribution in [2.45, 2.75) is 13.0 Å². The van der Waals surface area contributed by atoms with Crippen LogP contribution in [0.2, 0.25) is 0 Å². The molecule has 0 aliphatic heterocycles. The average Bonchev–Trinajstić information content (AvgIpc) is 3.32. The van der Waals surface area contributed by atoms with E-state index in [1.165, 1.54) is 11.3 Å². The molecule has 2 heterocycles. The minimum absolute atomic E-state index is 0.0908. The Bertz CT molecular complexity index is 876. The predicted molar refractivity (Wildman–Crippen MR) is 101 cm³/mol. The number of nitrogens with zero attached hydrogens (tertiary/aromatic N) is 2. The van der Waals surface area contributed by atoms with E-state index in [9.17, 15) is 9.59 Å². The van der Waals surface area contributed by atoms with Crippen molar-refractivity contribution in [1.82, 2.24) is 15.5 Å². The van der Waals surface area contributed by atoms with E-state index in [4.69, 9.17) is 4.74 Å². The predicted octanol–water partition coefficient (Wildman–Crippen LogP) is 2.72. The molecule has 0 radical (unpaired) electrons. The standard InChI is InChI=1S/C17H16N4O3S2/c1-24-12-6-4-11(5-7-12)19-16(23)17-21-20-15(26-17)10-18-14(22)9-13-3-2-8-25-13/h2-8H,9-10H2,1H3,(H,18,22)(H,19,23). The third-order valence-electron chi connectivity index (χ3n) is 3.36. The number of methoxy groups -OCH3 is 1. The van der Waals surface area contributed by atoms with E-state index in [1.54, 1.807) is 31.4 Å². The number of carbonyl (C=O) groups is 2. The van der Waals surface area contributed by atoms with Crippen LogP contribution in [0.25, 0.3) is 0 Å².